The molecule has 1 rings (SSSR count). The first-order chi connectivity index (χ1) is 12.3. The second kappa shape index (κ2) is 11.2. The van der Waals surface area contributed by atoms with Crippen LogP contribution in [0.2, 0.25) is 25.7 Å². The molecule has 0 N–H and O–H groups in total. The summed E-state index contributed by atoms with van der Waals surface area (Å²) in [6.07, 6.45) is 0. The van der Waals surface area contributed by atoms with Crippen LogP contribution < -0.4 is 9.47 Å². The van der Waals surface area contributed by atoms with Crippen molar-refractivity contribution in [2.75, 3.05) is 33.4 Å². The molecule has 1 aromatic rings. The van der Waals surface area contributed by atoms with E-state index in [4.69, 9.17) is 23.7 Å². The van der Waals surface area contributed by atoms with E-state index in [1.54, 1.807) is 12.1 Å². The molecule has 0 unspecified atom stereocenters. The predicted octanol–water partition coefficient (Wildman–Crippen LogP) is 4.24. The van der Waals surface area contributed by atoms with Crippen molar-refractivity contribution in [3.63, 3.8) is 0 Å². The molecule has 0 heterocycles. The number of ether oxygens (including phenoxy) is 5. The summed E-state index contributed by atoms with van der Waals surface area (Å²) >= 11 is 0. The van der Waals surface area contributed by atoms with E-state index >= 15 is 0 Å². The van der Waals surface area contributed by atoms with Gasteiger partial charge in [0.05, 0.1) is 6.61 Å². The lowest BCUT2D eigenvalue weighted by Gasteiger charge is -2.18. The average Bonchev–Trinajstić information content (AvgIpc) is 2.53. The van der Waals surface area contributed by atoms with Crippen LogP contribution in [0.5, 0.6) is 11.5 Å². The summed E-state index contributed by atoms with van der Waals surface area (Å²) in [7, 11) is -1.27. The molecule has 26 heavy (non-hydrogen) atoms. The molecule has 0 bridgehead atoms. The van der Waals surface area contributed by atoms with Gasteiger partial charge in [-0.1, -0.05) is 19.6 Å². The van der Waals surface area contributed by atoms with Gasteiger partial charge in [-0.25, -0.2) is 4.79 Å². The van der Waals surface area contributed by atoms with Crippen LogP contribution in [0.25, 0.3) is 0 Å². The molecule has 0 saturated heterocycles. The number of hydrogen-bond acceptors (Lipinski definition) is 6. The topological polar surface area (TPSA) is 63.2 Å². The Kier molecular flexibility index (Phi) is 9.68. The molecule has 0 aliphatic rings. The fraction of sp³-hybridized carbons (Fsp3) is 0.632. The van der Waals surface area contributed by atoms with Crippen molar-refractivity contribution in [3.8, 4) is 11.5 Å². The number of carbonyl (C=O) groups excluding carboxylic acids is 1. The average molecular weight is 385 g/mol. The Morgan fingerprint density at radius 2 is 1.62 bits per heavy atom. The molecule has 0 radical (unpaired) electrons. The quantitative estimate of drug-likeness (QED) is 0.232. The molecule has 0 saturated carbocycles. The summed E-state index contributed by atoms with van der Waals surface area (Å²) in [5.74, 6) is 0.577. The first kappa shape index (κ1) is 22.5. The third-order valence-corrected chi connectivity index (χ3v) is 5.28. The highest BCUT2D eigenvalue weighted by atomic mass is 28.3. The number of hydrogen-bond donors (Lipinski definition) is 0. The van der Waals surface area contributed by atoms with Crippen molar-refractivity contribution in [2.24, 2.45) is 0 Å². The third kappa shape index (κ3) is 8.20. The molecule has 148 valence electrons. The van der Waals surface area contributed by atoms with E-state index in [0.29, 0.717) is 36.9 Å². The summed E-state index contributed by atoms with van der Waals surface area (Å²) in [5, 5.41) is 0. The van der Waals surface area contributed by atoms with E-state index in [9.17, 15) is 4.79 Å². The summed E-state index contributed by atoms with van der Waals surface area (Å²) in [6, 6.07) is 4.37. The lowest BCUT2D eigenvalue weighted by Crippen LogP contribution is -2.23. The maximum atomic E-state index is 12.6. The number of carbonyl (C=O) groups is 1. The van der Waals surface area contributed by atoms with Crippen LogP contribution in [0.3, 0.4) is 0 Å². The predicted molar refractivity (Wildman–Crippen MR) is 104 cm³/mol. The summed E-state index contributed by atoms with van der Waals surface area (Å²) in [5.41, 5.74) is 1.13. The maximum Gasteiger partial charge on any atom is 0.342 e. The Morgan fingerprint density at radius 3 is 2.19 bits per heavy atom. The molecule has 0 atom stereocenters. The van der Waals surface area contributed by atoms with Crippen LogP contribution >= 0.6 is 0 Å². The molecule has 0 spiro atoms. The molecular weight excluding hydrogens is 352 g/mol. The normalized spacial score (nSPS) is 11.3. The number of rotatable bonds is 12. The van der Waals surface area contributed by atoms with E-state index in [1.165, 1.54) is 0 Å². The summed E-state index contributed by atoms with van der Waals surface area (Å²) in [4.78, 5) is 12.6. The van der Waals surface area contributed by atoms with Crippen LogP contribution in [-0.4, -0.2) is 47.4 Å². The highest BCUT2D eigenvalue weighted by Crippen LogP contribution is 2.30. The number of aryl methyl sites for hydroxylation is 1. The number of benzene rings is 1. The fourth-order valence-electron chi connectivity index (χ4n) is 2.09. The fourth-order valence-corrected chi connectivity index (χ4v) is 2.80. The molecule has 0 fully saturated rings. The van der Waals surface area contributed by atoms with Gasteiger partial charge in [-0.05, 0) is 38.4 Å². The van der Waals surface area contributed by atoms with Gasteiger partial charge in [-0.3, -0.25) is 0 Å². The summed E-state index contributed by atoms with van der Waals surface area (Å²) < 4.78 is 27.1. The van der Waals surface area contributed by atoms with E-state index < -0.39 is 8.07 Å². The van der Waals surface area contributed by atoms with Gasteiger partial charge in [0.15, 0.2) is 13.6 Å². The van der Waals surface area contributed by atoms with E-state index in [2.05, 4.69) is 19.6 Å². The van der Waals surface area contributed by atoms with Crippen molar-refractivity contribution in [2.45, 2.75) is 46.5 Å². The molecule has 0 aliphatic heterocycles. The van der Waals surface area contributed by atoms with Gasteiger partial charge < -0.3 is 23.7 Å². The first-order valence-corrected chi connectivity index (χ1v) is 12.7. The molecule has 7 heteroatoms. The molecule has 1 aromatic carbocycles. The van der Waals surface area contributed by atoms with Crippen molar-refractivity contribution >= 4 is 14.0 Å². The molecular formula is C19H32O6Si. The zero-order chi connectivity index (χ0) is 19.6. The molecule has 0 aromatic heterocycles. The Balaban J connectivity index is 2.93. The largest absolute Gasteiger partial charge is 0.467 e. The zero-order valence-electron chi connectivity index (χ0n) is 16.8. The minimum Gasteiger partial charge on any atom is -0.467 e. The Labute approximate surface area is 157 Å². The smallest absolute Gasteiger partial charge is 0.342 e. The highest BCUT2D eigenvalue weighted by Gasteiger charge is 2.21. The van der Waals surface area contributed by atoms with Gasteiger partial charge in [-0.2, -0.15) is 0 Å². The van der Waals surface area contributed by atoms with Gasteiger partial charge >= 0.3 is 5.97 Å². The lowest BCUT2D eigenvalue weighted by atomic mass is 10.1. The standard InChI is InChI=1S/C19H32O6Si/c1-7-21-13-24-16-11-15(3)18(17(12-16)25-14-22-8-2)19(20)23-9-10-26(4,5)6/h11-12H,7-10,13-14H2,1-6H3. The van der Waals surface area contributed by atoms with Gasteiger partial charge in [0.1, 0.15) is 17.1 Å². The van der Waals surface area contributed by atoms with E-state index in [0.717, 1.165) is 11.6 Å². The monoisotopic (exact) mass is 384 g/mol. The Morgan fingerprint density at radius 1 is 1.00 bits per heavy atom. The lowest BCUT2D eigenvalue weighted by molar-refractivity contribution is 0.0171. The van der Waals surface area contributed by atoms with Crippen LogP contribution in [-0.2, 0) is 14.2 Å². The van der Waals surface area contributed by atoms with Gasteiger partial charge in [0, 0.05) is 27.4 Å². The van der Waals surface area contributed by atoms with Crippen LogP contribution in [0.1, 0.15) is 29.8 Å². The Hall–Kier alpha value is -1.57. The Bertz CT molecular complexity index is 568. The van der Waals surface area contributed by atoms with E-state index in [1.807, 2.05) is 20.8 Å². The second-order valence-electron chi connectivity index (χ2n) is 7.07. The van der Waals surface area contributed by atoms with Crippen molar-refractivity contribution < 1.29 is 28.5 Å². The van der Waals surface area contributed by atoms with Crippen LogP contribution in [0.4, 0.5) is 0 Å². The van der Waals surface area contributed by atoms with Crippen LogP contribution in [0, 0.1) is 6.92 Å². The van der Waals surface area contributed by atoms with E-state index in [-0.39, 0.29) is 19.6 Å². The third-order valence-electron chi connectivity index (χ3n) is 3.58. The summed E-state index contributed by atoms with van der Waals surface area (Å²) in [6.45, 7) is 14.0. The first-order valence-electron chi connectivity index (χ1n) is 9.01. The highest BCUT2D eigenvalue weighted by molar-refractivity contribution is 6.76. The van der Waals surface area contributed by atoms with Gasteiger partial charge in [-0.15, -0.1) is 0 Å². The van der Waals surface area contributed by atoms with Crippen molar-refractivity contribution in [1.29, 1.82) is 0 Å². The van der Waals surface area contributed by atoms with Gasteiger partial charge in [0.25, 0.3) is 0 Å². The SMILES string of the molecule is CCOCOc1cc(C)c(C(=O)OCC[Si](C)(C)C)c(OCOCC)c1. The molecule has 0 aliphatic carbocycles. The van der Waals surface area contributed by atoms with Crippen LogP contribution in [0.15, 0.2) is 12.1 Å². The van der Waals surface area contributed by atoms with Crippen molar-refractivity contribution in [1.82, 2.24) is 0 Å². The minimum absolute atomic E-state index is 0.0556. The number of esters is 1. The molecule has 0 amide bonds. The minimum atomic E-state index is -1.27. The second-order valence-corrected chi connectivity index (χ2v) is 12.7. The van der Waals surface area contributed by atoms with Crippen molar-refractivity contribution in [3.05, 3.63) is 23.3 Å². The zero-order valence-corrected chi connectivity index (χ0v) is 17.8. The maximum absolute atomic E-state index is 12.6. The van der Waals surface area contributed by atoms with Gasteiger partial charge in [0.2, 0.25) is 0 Å². The molecule has 6 nitrogen and oxygen atoms in total.